The van der Waals surface area contributed by atoms with Crippen molar-refractivity contribution >= 4 is 11.1 Å². The fourth-order valence-corrected chi connectivity index (χ4v) is 5.52. The quantitative estimate of drug-likeness (QED) is 0.582. The van der Waals surface area contributed by atoms with E-state index in [1.54, 1.807) is 13.2 Å². The van der Waals surface area contributed by atoms with Gasteiger partial charge in [-0.2, -0.15) is 0 Å². The zero-order valence-corrected chi connectivity index (χ0v) is 18.4. The summed E-state index contributed by atoms with van der Waals surface area (Å²) in [5.41, 5.74) is 6.28. The van der Waals surface area contributed by atoms with Crippen LogP contribution in [-0.2, 0) is 30.5 Å². The first kappa shape index (κ1) is 20.2. The summed E-state index contributed by atoms with van der Waals surface area (Å²) in [5.74, 6) is 0.576. The summed E-state index contributed by atoms with van der Waals surface area (Å²) >= 11 is -1.84. The number of hydrogen-bond acceptors (Lipinski definition) is 4. The Morgan fingerprint density at radius 2 is 1.97 bits per heavy atom. The van der Waals surface area contributed by atoms with Gasteiger partial charge in [-0.1, -0.05) is 35.9 Å². The third kappa shape index (κ3) is 3.75. The Labute approximate surface area is 184 Å². The van der Waals surface area contributed by atoms with Gasteiger partial charge in [-0.3, -0.25) is 4.90 Å². The SMILES string of the molecule is COc1ccc2c(c1OS(=O)c1cccc(F)c1)CN1CCc3cc(C)ccc3C1C2. The van der Waals surface area contributed by atoms with E-state index in [0.717, 1.165) is 24.9 Å². The molecule has 2 aliphatic rings. The average Bonchev–Trinajstić information content (AvgIpc) is 2.77. The summed E-state index contributed by atoms with van der Waals surface area (Å²) < 4.78 is 37.9. The molecule has 0 saturated carbocycles. The molecule has 2 heterocycles. The molecule has 2 atom stereocenters. The third-order valence-electron chi connectivity index (χ3n) is 6.23. The second kappa shape index (κ2) is 8.09. The molecule has 5 rings (SSSR count). The normalized spacial score (nSPS) is 18.5. The minimum atomic E-state index is -1.84. The van der Waals surface area contributed by atoms with Gasteiger partial charge in [0.25, 0.3) is 0 Å². The van der Waals surface area contributed by atoms with Gasteiger partial charge in [0, 0.05) is 24.7 Å². The minimum Gasteiger partial charge on any atom is -0.493 e. The molecular formula is C25H24FNO3S. The van der Waals surface area contributed by atoms with Crippen LogP contribution in [0.25, 0.3) is 0 Å². The number of halogens is 1. The van der Waals surface area contributed by atoms with E-state index in [4.69, 9.17) is 8.92 Å². The molecule has 0 saturated heterocycles. The smallest absolute Gasteiger partial charge is 0.240 e. The van der Waals surface area contributed by atoms with Crippen LogP contribution in [0, 0.1) is 12.7 Å². The summed E-state index contributed by atoms with van der Waals surface area (Å²) in [5, 5.41) is 0. The van der Waals surface area contributed by atoms with Crippen molar-refractivity contribution in [2.24, 2.45) is 0 Å². The largest absolute Gasteiger partial charge is 0.493 e. The van der Waals surface area contributed by atoms with Gasteiger partial charge < -0.3 is 8.92 Å². The predicted molar refractivity (Wildman–Crippen MR) is 118 cm³/mol. The second-order valence-electron chi connectivity index (χ2n) is 8.15. The van der Waals surface area contributed by atoms with Crippen LogP contribution in [0.3, 0.4) is 0 Å². The van der Waals surface area contributed by atoms with Gasteiger partial charge in [0.2, 0.25) is 11.1 Å². The predicted octanol–water partition coefficient (Wildman–Crippen LogP) is 4.90. The second-order valence-corrected chi connectivity index (χ2v) is 9.26. The van der Waals surface area contributed by atoms with Crippen molar-refractivity contribution in [1.82, 2.24) is 4.90 Å². The number of ether oxygens (including phenoxy) is 1. The Balaban J connectivity index is 1.50. The third-order valence-corrected chi connectivity index (χ3v) is 7.19. The number of nitrogens with zero attached hydrogens (tertiary/aromatic N) is 1. The molecule has 0 aromatic heterocycles. The molecule has 3 aromatic rings. The van der Waals surface area contributed by atoms with Crippen molar-refractivity contribution in [2.45, 2.75) is 37.2 Å². The summed E-state index contributed by atoms with van der Waals surface area (Å²) in [4.78, 5) is 2.74. The molecule has 0 radical (unpaired) electrons. The highest BCUT2D eigenvalue weighted by Gasteiger charge is 2.34. The molecule has 0 spiro atoms. The molecule has 2 aliphatic heterocycles. The van der Waals surface area contributed by atoms with Gasteiger partial charge in [0.05, 0.1) is 12.0 Å². The van der Waals surface area contributed by atoms with E-state index < -0.39 is 16.9 Å². The first-order valence-corrected chi connectivity index (χ1v) is 11.5. The van der Waals surface area contributed by atoms with E-state index in [2.05, 4.69) is 36.1 Å². The molecular weight excluding hydrogens is 413 g/mol. The number of methoxy groups -OCH3 is 1. The Morgan fingerprint density at radius 3 is 2.77 bits per heavy atom. The zero-order valence-electron chi connectivity index (χ0n) is 17.6. The van der Waals surface area contributed by atoms with Gasteiger partial charge in [-0.05, 0) is 60.7 Å². The maximum absolute atomic E-state index is 13.6. The van der Waals surface area contributed by atoms with Crippen molar-refractivity contribution in [3.63, 3.8) is 0 Å². The first-order chi connectivity index (χ1) is 15.0. The maximum Gasteiger partial charge on any atom is 0.240 e. The van der Waals surface area contributed by atoms with Crippen LogP contribution in [0.1, 0.15) is 33.9 Å². The molecule has 2 unspecified atom stereocenters. The molecule has 3 aromatic carbocycles. The summed E-state index contributed by atoms with van der Waals surface area (Å²) in [6, 6.07) is 16.7. The van der Waals surface area contributed by atoms with Gasteiger partial charge in [-0.15, -0.1) is 0 Å². The number of fused-ring (bicyclic) bond motifs is 4. The van der Waals surface area contributed by atoms with Crippen LogP contribution in [0.2, 0.25) is 0 Å². The molecule has 0 aliphatic carbocycles. The number of rotatable bonds is 4. The van der Waals surface area contributed by atoms with E-state index >= 15 is 0 Å². The van der Waals surface area contributed by atoms with Crippen LogP contribution in [0.5, 0.6) is 11.5 Å². The van der Waals surface area contributed by atoms with Gasteiger partial charge in [0.1, 0.15) is 5.82 Å². The highest BCUT2D eigenvalue weighted by molar-refractivity contribution is 7.80. The molecule has 0 amide bonds. The van der Waals surface area contributed by atoms with Crippen LogP contribution in [0.15, 0.2) is 59.5 Å². The molecule has 160 valence electrons. The number of aryl methyl sites for hydroxylation is 1. The lowest BCUT2D eigenvalue weighted by atomic mass is 9.83. The standard InChI is InChI=1S/C25H24FNO3S/c1-16-6-8-21-18(12-16)10-11-27-15-22-17(13-23(21)27)7-9-24(29-2)25(22)30-31(28)20-5-3-4-19(26)14-20/h3-9,12,14,23H,10-11,13,15H2,1-2H3. The van der Waals surface area contributed by atoms with E-state index in [1.165, 1.54) is 40.5 Å². The summed E-state index contributed by atoms with van der Waals surface area (Å²) in [6.07, 6.45) is 1.87. The molecule has 31 heavy (non-hydrogen) atoms. The monoisotopic (exact) mass is 437 g/mol. The fourth-order valence-electron chi connectivity index (χ4n) is 4.69. The van der Waals surface area contributed by atoms with Gasteiger partial charge in [0.15, 0.2) is 11.5 Å². The van der Waals surface area contributed by atoms with Crippen molar-refractivity contribution in [2.75, 3.05) is 13.7 Å². The topological polar surface area (TPSA) is 38.8 Å². The Morgan fingerprint density at radius 1 is 1.10 bits per heavy atom. The highest BCUT2D eigenvalue weighted by Crippen LogP contribution is 2.44. The van der Waals surface area contributed by atoms with Crippen LogP contribution in [0.4, 0.5) is 4.39 Å². The average molecular weight is 438 g/mol. The molecule has 4 nitrogen and oxygen atoms in total. The molecule has 6 heteroatoms. The lowest BCUT2D eigenvalue weighted by Gasteiger charge is -2.42. The van der Waals surface area contributed by atoms with Gasteiger partial charge in [-0.25, -0.2) is 8.60 Å². The first-order valence-electron chi connectivity index (χ1n) is 10.4. The van der Waals surface area contributed by atoms with E-state index in [9.17, 15) is 8.60 Å². The minimum absolute atomic E-state index is 0.288. The van der Waals surface area contributed by atoms with Crippen molar-refractivity contribution < 1.29 is 17.5 Å². The Hall–Kier alpha value is -2.70. The molecule has 0 N–H and O–H groups in total. The van der Waals surface area contributed by atoms with Crippen molar-refractivity contribution in [3.8, 4) is 11.5 Å². The Bertz CT molecular complexity index is 1180. The number of hydrogen-bond donors (Lipinski definition) is 0. The van der Waals surface area contributed by atoms with Crippen molar-refractivity contribution in [1.29, 1.82) is 0 Å². The van der Waals surface area contributed by atoms with Crippen LogP contribution < -0.4 is 8.92 Å². The lowest BCUT2D eigenvalue weighted by molar-refractivity contribution is 0.159. The molecule has 0 fully saturated rings. The molecule has 0 bridgehead atoms. The lowest BCUT2D eigenvalue weighted by Crippen LogP contribution is -2.39. The van der Waals surface area contributed by atoms with E-state index in [0.29, 0.717) is 24.1 Å². The van der Waals surface area contributed by atoms with E-state index in [1.807, 2.05) is 6.07 Å². The number of benzene rings is 3. The van der Waals surface area contributed by atoms with Crippen LogP contribution in [-0.4, -0.2) is 22.8 Å². The maximum atomic E-state index is 13.6. The fraction of sp³-hybridized carbons (Fsp3) is 0.280. The summed E-state index contributed by atoms with van der Waals surface area (Å²) in [7, 11) is 1.57. The highest BCUT2D eigenvalue weighted by atomic mass is 32.2. The summed E-state index contributed by atoms with van der Waals surface area (Å²) in [6.45, 7) is 3.79. The zero-order chi connectivity index (χ0) is 21.5. The van der Waals surface area contributed by atoms with Gasteiger partial charge >= 0.3 is 0 Å². The Kier molecular flexibility index (Phi) is 5.28. The van der Waals surface area contributed by atoms with Crippen LogP contribution >= 0.6 is 0 Å². The van der Waals surface area contributed by atoms with E-state index in [-0.39, 0.29) is 4.90 Å². The van der Waals surface area contributed by atoms with Crippen molar-refractivity contribution in [3.05, 3.63) is 88.2 Å².